The van der Waals surface area contributed by atoms with Crippen LogP contribution in [0.25, 0.3) is 0 Å². The lowest BCUT2D eigenvalue weighted by Crippen LogP contribution is -2.14. The fourth-order valence-corrected chi connectivity index (χ4v) is 4.07. The molecule has 3 rings (SSSR count). The summed E-state index contributed by atoms with van der Waals surface area (Å²) in [5.41, 5.74) is 3.93. The van der Waals surface area contributed by atoms with Crippen molar-refractivity contribution in [1.29, 1.82) is 0 Å². The first kappa shape index (κ1) is 18.0. The van der Waals surface area contributed by atoms with Crippen LogP contribution in [-0.2, 0) is 16.4 Å². The molecule has 0 unspecified atom stereocenters. The number of anilines is 3. The number of rotatable bonds is 6. The lowest BCUT2D eigenvalue weighted by atomic mass is 10.1. The standard InChI is InChI=1S/C19H21N3O3S/c1-4-15-5-7-16(8-6-15)20-17-9-11-18(12-10-17)22-26(23,24)19-13(2)21-25-14(19)3/h5-12,20,22H,4H2,1-3H3. The van der Waals surface area contributed by atoms with Crippen molar-refractivity contribution < 1.29 is 12.9 Å². The molecule has 3 aromatic rings. The van der Waals surface area contributed by atoms with Crippen LogP contribution in [0.4, 0.5) is 17.1 Å². The Morgan fingerprint density at radius 1 is 0.923 bits per heavy atom. The molecule has 0 saturated heterocycles. The van der Waals surface area contributed by atoms with Crippen molar-refractivity contribution in [2.24, 2.45) is 0 Å². The largest absolute Gasteiger partial charge is 0.360 e. The fourth-order valence-electron chi connectivity index (χ4n) is 2.68. The zero-order chi connectivity index (χ0) is 18.7. The highest BCUT2D eigenvalue weighted by molar-refractivity contribution is 7.92. The van der Waals surface area contributed by atoms with E-state index in [1.54, 1.807) is 26.0 Å². The molecule has 7 heteroatoms. The van der Waals surface area contributed by atoms with Crippen LogP contribution in [0.3, 0.4) is 0 Å². The molecule has 0 radical (unpaired) electrons. The average Bonchev–Trinajstić information content (AvgIpc) is 2.96. The summed E-state index contributed by atoms with van der Waals surface area (Å²) in [5.74, 6) is 0.267. The van der Waals surface area contributed by atoms with Crippen molar-refractivity contribution in [3.63, 3.8) is 0 Å². The summed E-state index contributed by atoms with van der Waals surface area (Å²) in [6.45, 7) is 5.29. The molecule has 0 amide bonds. The minimum absolute atomic E-state index is 0.0794. The molecule has 0 saturated carbocycles. The van der Waals surface area contributed by atoms with Gasteiger partial charge in [-0.15, -0.1) is 0 Å². The van der Waals surface area contributed by atoms with Crippen LogP contribution < -0.4 is 10.0 Å². The maximum absolute atomic E-state index is 12.5. The highest BCUT2D eigenvalue weighted by Gasteiger charge is 2.24. The smallest absolute Gasteiger partial charge is 0.267 e. The van der Waals surface area contributed by atoms with E-state index in [9.17, 15) is 8.42 Å². The van der Waals surface area contributed by atoms with Gasteiger partial charge in [0.1, 0.15) is 5.69 Å². The van der Waals surface area contributed by atoms with Gasteiger partial charge in [0.15, 0.2) is 10.7 Å². The van der Waals surface area contributed by atoms with Gasteiger partial charge in [-0.2, -0.15) is 0 Å². The molecule has 2 N–H and O–H groups in total. The van der Waals surface area contributed by atoms with E-state index in [1.807, 2.05) is 24.3 Å². The summed E-state index contributed by atoms with van der Waals surface area (Å²) in [7, 11) is -3.74. The third-order valence-corrected chi connectivity index (χ3v) is 5.65. The van der Waals surface area contributed by atoms with E-state index < -0.39 is 10.0 Å². The number of nitrogens with zero attached hydrogens (tertiary/aromatic N) is 1. The maximum atomic E-state index is 12.5. The first-order valence-corrected chi connectivity index (χ1v) is 9.79. The summed E-state index contributed by atoms with van der Waals surface area (Å²) in [5, 5.41) is 6.98. The Bertz CT molecular complexity index is 972. The topological polar surface area (TPSA) is 84.2 Å². The molecule has 1 heterocycles. The number of aryl methyl sites for hydroxylation is 3. The number of sulfonamides is 1. The summed E-state index contributed by atoms with van der Waals surface area (Å²) < 4.78 is 32.5. The van der Waals surface area contributed by atoms with Crippen molar-refractivity contribution in [2.45, 2.75) is 32.1 Å². The van der Waals surface area contributed by atoms with Gasteiger partial charge < -0.3 is 9.84 Å². The first-order valence-electron chi connectivity index (χ1n) is 8.31. The number of benzene rings is 2. The van der Waals surface area contributed by atoms with Crippen LogP contribution in [0.15, 0.2) is 57.9 Å². The molecule has 0 aliphatic heterocycles. The Morgan fingerprint density at radius 3 is 1.96 bits per heavy atom. The van der Waals surface area contributed by atoms with Crippen molar-refractivity contribution in [3.05, 3.63) is 65.5 Å². The van der Waals surface area contributed by atoms with E-state index in [-0.39, 0.29) is 10.7 Å². The molecule has 0 bridgehead atoms. The summed E-state index contributed by atoms with van der Waals surface area (Å²) >= 11 is 0. The number of hydrogen-bond donors (Lipinski definition) is 2. The van der Waals surface area contributed by atoms with Crippen LogP contribution in [-0.4, -0.2) is 13.6 Å². The molecule has 26 heavy (non-hydrogen) atoms. The fraction of sp³-hybridized carbons (Fsp3) is 0.211. The first-order chi connectivity index (χ1) is 12.4. The lowest BCUT2D eigenvalue weighted by Gasteiger charge is -2.10. The molecule has 0 fully saturated rings. The van der Waals surface area contributed by atoms with Gasteiger partial charge in [0, 0.05) is 17.1 Å². The van der Waals surface area contributed by atoms with Gasteiger partial charge in [0.25, 0.3) is 10.0 Å². The molecule has 0 aliphatic carbocycles. The molecule has 136 valence electrons. The molecule has 2 aromatic carbocycles. The number of hydrogen-bond acceptors (Lipinski definition) is 5. The molecule has 0 atom stereocenters. The SMILES string of the molecule is CCc1ccc(Nc2ccc(NS(=O)(=O)c3c(C)noc3C)cc2)cc1. The molecular formula is C19H21N3O3S. The van der Waals surface area contributed by atoms with Crippen LogP contribution in [0.1, 0.15) is 23.9 Å². The van der Waals surface area contributed by atoms with Crippen LogP contribution in [0.5, 0.6) is 0 Å². The van der Waals surface area contributed by atoms with Gasteiger partial charge in [-0.25, -0.2) is 8.42 Å². The number of nitrogens with one attached hydrogen (secondary N) is 2. The van der Waals surface area contributed by atoms with Crippen molar-refractivity contribution in [2.75, 3.05) is 10.0 Å². The Hall–Kier alpha value is -2.80. The zero-order valence-electron chi connectivity index (χ0n) is 14.9. The second-order valence-electron chi connectivity index (χ2n) is 6.01. The minimum atomic E-state index is -3.74. The third kappa shape index (κ3) is 3.88. The lowest BCUT2D eigenvalue weighted by molar-refractivity contribution is 0.390. The second kappa shape index (κ2) is 7.21. The van der Waals surface area contributed by atoms with E-state index in [2.05, 4.69) is 34.3 Å². The van der Waals surface area contributed by atoms with Gasteiger partial charge in [-0.05, 0) is 62.2 Å². The second-order valence-corrected chi connectivity index (χ2v) is 7.63. The Balaban J connectivity index is 1.73. The highest BCUT2D eigenvalue weighted by Crippen LogP contribution is 2.24. The number of aromatic nitrogens is 1. The highest BCUT2D eigenvalue weighted by atomic mass is 32.2. The minimum Gasteiger partial charge on any atom is -0.360 e. The average molecular weight is 371 g/mol. The van der Waals surface area contributed by atoms with E-state index in [0.717, 1.165) is 17.8 Å². The van der Waals surface area contributed by atoms with Crippen LogP contribution in [0, 0.1) is 13.8 Å². The molecule has 0 spiro atoms. The summed E-state index contributed by atoms with van der Waals surface area (Å²) in [6.07, 6.45) is 1.00. The van der Waals surface area contributed by atoms with Crippen LogP contribution in [0.2, 0.25) is 0 Å². The van der Waals surface area contributed by atoms with Gasteiger partial charge in [0.2, 0.25) is 0 Å². The molecular weight excluding hydrogens is 350 g/mol. The summed E-state index contributed by atoms with van der Waals surface area (Å²) in [4.78, 5) is 0.0794. The quantitative estimate of drug-likeness (QED) is 0.671. The van der Waals surface area contributed by atoms with Crippen LogP contribution >= 0.6 is 0 Å². The predicted molar refractivity (Wildman–Crippen MR) is 102 cm³/mol. The molecule has 1 aromatic heterocycles. The Kier molecular flexibility index (Phi) is 4.99. The van der Waals surface area contributed by atoms with Gasteiger partial charge >= 0.3 is 0 Å². The van der Waals surface area contributed by atoms with Gasteiger partial charge in [-0.3, -0.25) is 4.72 Å². The summed E-state index contributed by atoms with van der Waals surface area (Å²) in [6, 6.07) is 15.2. The maximum Gasteiger partial charge on any atom is 0.267 e. The van der Waals surface area contributed by atoms with Gasteiger partial charge in [0.05, 0.1) is 0 Å². The monoisotopic (exact) mass is 371 g/mol. The van der Waals surface area contributed by atoms with Crippen molar-refractivity contribution >= 4 is 27.1 Å². The van der Waals surface area contributed by atoms with E-state index in [4.69, 9.17) is 4.52 Å². The van der Waals surface area contributed by atoms with Crippen molar-refractivity contribution in [3.8, 4) is 0 Å². The normalized spacial score (nSPS) is 11.3. The predicted octanol–water partition coefficient (Wildman–Crippen LogP) is 4.40. The Labute approximate surface area is 153 Å². The zero-order valence-corrected chi connectivity index (χ0v) is 15.7. The van der Waals surface area contributed by atoms with E-state index >= 15 is 0 Å². The Morgan fingerprint density at radius 2 is 1.46 bits per heavy atom. The molecule has 0 aliphatic rings. The van der Waals surface area contributed by atoms with E-state index in [0.29, 0.717) is 11.4 Å². The molecule has 6 nitrogen and oxygen atoms in total. The third-order valence-electron chi connectivity index (χ3n) is 4.02. The van der Waals surface area contributed by atoms with E-state index in [1.165, 1.54) is 5.56 Å². The van der Waals surface area contributed by atoms with Crippen molar-refractivity contribution in [1.82, 2.24) is 5.16 Å². The van der Waals surface area contributed by atoms with Gasteiger partial charge in [-0.1, -0.05) is 24.2 Å².